The van der Waals surface area contributed by atoms with Crippen LogP contribution in [0.3, 0.4) is 0 Å². The van der Waals surface area contributed by atoms with Gasteiger partial charge in [-0.25, -0.2) is 0 Å². The Morgan fingerprint density at radius 1 is 1.12 bits per heavy atom. The van der Waals surface area contributed by atoms with E-state index in [1.54, 1.807) is 0 Å². The van der Waals surface area contributed by atoms with Gasteiger partial charge in [-0.15, -0.1) is 0 Å². The molecule has 0 radical (unpaired) electrons. The van der Waals surface area contributed by atoms with Gasteiger partial charge in [0.05, 0.1) is 12.6 Å². The van der Waals surface area contributed by atoms with Crippen LogP contribution in [-0.4, -0.2) is 29.7 Å². The van der Waals surface area contributed by atoms with Crippen LogP contribution >= 0.6 is 11.6 Å². The van der Waals surface area contributed by atoms with Gasteiger partial charge in [0, 0.05) is 5.02 Å². The number of nitrogens with zero attached hydrogens (tertiary/aromatic N) is 1. The van der Waals surface area contributed by atoms with E-state index in [2.05, 4.69) is 4.90 Å². The number of hydrogen-bond acceptors (Lipinski definition) is 2. The topological polar surface area (TPSA) is 23.5 Å². The number of aliphatic hydroxyl groups is 1. The Kier molecular flexibility index (Phi) is 4.22. The molecule has 0 aromatic heterocycles. The molecule has 1 fully saturated rings. The predicted molar refractivity (Wildman–Crippen MR) is 66.7 cm³/mol. The number of likely N-dealkylation sites (tertiary alicyclic amines) is 1. The highest BCUT2D eigenvalue weighted by Crippen LogP contribution is 2.25. The first kappa shape index (κ1) is 11.9. The summed E-state index contributed by atoms with van der Waals surface area (Å²) in [5.41, 5.74) is 1.16. The van der Waals surface area contributed by atoms with Crippen molar-refractivity contribution in [2.45, 2.75) is 25.3 Å². The molecule has 1 aromatic carbocycles. The number of benzene rings is 1. The summed E-state index contributed by atoms with van der Waals surface area (Å²) in [5.74, 6) is 0. The molecule has 1 atom stereocenters. The van der Waals surface area contributed by atoms with E-state index in [4.69, 9.17) is 11.6 Å². The molecule has 2 nitrogen and oxygen atoms in total. The van der Waals surface area contributed by atoms with Crippen LogP contribution in [0.4, 0.5) is 0 Å². The summed E-state index contributed by atoms with van der Waals surface area (Å²) >= 11 is 5.87. The second-order valence-electron chi connectivity index (χ2n) is 4.35. The molecule has 0 saturated carbocycles. The molecule has 88 valence electrons. The maximum atomic E-state index is 9.53. The summed E-state index contributed by atoms with van der Waals surface area (Å²) in [7, 11) is 0. The quantitative estimate of drug-likeness (QED) is 0.877. The molecular formula is C13H18ClNO. The van der Waals surface area contributed by atoms with Crippen molar-refractivity contribution in [3.05, 3.63) is 34.9 Å². The number of rotatable bonds is 3. The van der Waals surface area contributed by atoms with Crippen LogP contribution in [0.1, 0.15) is 30.9 Å². The smallest absolute Gasteiger partial charge is 0.0628 e. The van der Waals surface area contributed by atoms with E-state index in [0.29, 0.717) is 0 Å². The zero-order valence-electron chi connectivity index (χ0n) is 9.40. The largest absolute Gasteiger partial charge is 0.394 e. The molecule has 2 rings (SSSR count). The Bertz CT molecular complexity index is 319. The van der Waals surface area contributed by atoms with Gasteiger partial charge < -0.3 is 5.11 Å². The van der Waals surface area contributed by atoms with Crippen molar-refractivity contribution in [1.29, 1.82) is 0 Å². The average Bonchev–Trinajstić information content (AvgIpc) is 2.34. The van der Waals surface area contributed by atoms with E-state index in [-0.39, 0.29) is 12.6 Å². The van der Waals surface area contributed by atoms with E-state index in [0.717, 1.165) is 23.7 Å². The molecule has 1 aliphatic rings. The molecule has 1 heterocycles. The van der Waals surface area contributed by atoms with Crippen molar-refractivity contribution in [3.63, 3.8) is 0 Å². The minimum atomic E-state index is 0.137. The molecule has 0 spiro atoms. The number of aliphatic hydroxyl groups excluding tert-OH is 1. The third kappa shape index (κ3) is 2.76. The van der Waals surface area contributed by atoms with Gasteiger partial charge in [0.15, 0.2) is 0 Å². The van der Waals surface area contributed by atoms with Crippen LogP contribution in [-0.2, 0) is 0 Å². The van der Waals surface area contributed by atoms with E-state index in [1.165, 1.54) is 19.3 Å². The lowest BCUT2D eigenvalue weighted by atomic mass is 10.0. The van der Waals surface area contributed by atoms with Gasteiger partial charge in [0.2, 0.25) is 0 Å². The van der Waals surface area contributed by atoms with Gasteiger partial charge >= 0.3 is 0 Å². The Morgan fingerprint density at radius 3 is 2.31 bits per heavy atom. The molecular weight excluding hydrogens is 222 g/mol. The van der Waals surface area contributed by atoms with Crippen molar-refractivity contribution in [2.24, 2.45) is 0 Å². The van der Waals surface area contributed by atoms with Gasteiger partial charge in [-0.05, 0) is 43.6 Å². The first-order valence-electron chi connectivity index (χ1n) is 5.91. The number of halogens is 1. The van der Waals surface area contributed by atoms with Crippen molar-refractivity contribution in [2.75, 3.05) is 19.7 Å². The lowest BCUT2D eigenvalue weighted by Crippen LogP contribution is -2.35. The van der Waals surface area contributed by atoms with E-state index < -0.39 is 0 Å². The van der Waals surface area contributed by atoms with E-state index in [1.807, 2.05) is 24.3 Å². The van der Waals surface area contributed by atoms with E-state index in [9.17, 15) is 5.11 Å². The number of piperidine rings is 1. The minimum absolute atomic E-state index is 0.137. The van der Waals surface area contributed by atoms with Crippen molar-refractivity contribution < 1.29 is 5.11 Å². The fourth-order valence-corrected chi connectivity index (χ4v) is 2.47. The second-order valence-corrected chi connectivity index (χ2v) is 4.78. The van der Waals surface area contributed by atoms with Crippen LogP contribution in [0.5, 0.6) is 0 Å². The molecule has 1 aliphatic heterocycles. The highest BCUT2D eigenvalue weighted by molar-refractivity contribution is 6.30. The van der Waals surface area contributed by atoms with Crippen LogP contribution < -0.4 is 0 Å². The molecule has 1 N–H and O–H groups in total. The van der Waals surface area contributed by atoms with Crippen LogP contribution in [0.2, 0.25) is 5.02 Å². The first-order chi connectivity index (χ1) is 7.81. The van der Waals surface area contributed by atoms with Crippen LogP contribution in [0.25, 0.3) is 0 Å². The zero-order chi connectivity index (χ0) is 11.4. The zero-order valence-corrected chi connectivity index (χ0v) is 10.2. The highest BCUT2D eigenvalue weighted by atomic mass is 35.5. The summed E-state index contributed by atoms with van der Waals surface area (Å²) in [5, 5.41) is 10.3. The van der Waals surface area contributed by atoms with Crippen molar-refractivity contribution >= 4 is 11.6 Å². The third-order valence-corrected chi connectivity index (χ3v) is 3.51. The molecule has 0 bridgehead atoms. The Morgan fingerprint density at radius 2 is 1.75 bits per heavy atom. The third-order valence-electron chi connectivity index (χ3n) is 3.26. The highest BCUT2D eigenvalue weighted by Gasteiger charge is 2.21. The van der Waals surface area contributed by atoms with Crippen molar-refractivity contribution in [1.82, 2.24) is 4.90 Å². The lowest BCUT2D eigenvalue weighted by Gasteiger charge is -2.33. The monoisotopic (exact) mass is 239 g/mol. The molecule has 16 heavy (non-hydrogen) atoms. The van der Waals surface area contributed by atoms with Gasteiger partial charge in [-0.2, -0.15) is 0 Å². The number of hydrogen-bond donors (Lipinski definition) is 1. The van der Waals surface area contributed by atoms with Gasteiger partial charge in [0.25, 0.3) is 0 Å². The molecule has 0 amide bonds. The first-order valence-corrected chi connectivity index (χ1v) is 6.29. The lowest BCUT2D eigenvalue weighted by molar-refractivity contribution is 0.104. The van der Waals surface area contributed by atoms with Crippen LogP contribution in [0, 0.1) is 0 Å². The van der Waals surface area contributed by atoms with Gasteiger partial charge in [-0.3, -0.25) is 4.90 Å². The van der Waals surface area contributed by atoms with Gasteiger partial charge in [-0.1, -0.05) is 30.2 Å². The second kappa shape index (κ2) is 5.67. The maximum absolute atomic E-state index is 9.53. The Balaban J connectivity index is 2.11. The summed E-state index contributed by atoms with van der Waals surface area (Å²) in [4.78, 5) is 2.37. The Hall–Kier alpha value is -0.570. The summed E-state index contributed by atoms with van der Waals surface area (Å²) < 4.78 is 0. The fourth-order valence-electron chi connectivity index (χ4n) is 2.35. The minimum Gasteiger partial charge on any atom is -0.394 e. The molecule has 1 saturated heterocycles. The molecule has 1 aromatic rings. The predicted octanol–water partition coefficient (Wildman–Crippen LogP) is 2.86. The van der Waals surface area contributed by atoms with Crippen LogP contribution in [0.15, 0.2) is 24.3 Å². The summed E-state index contributed by atoms with van der Waals surface area (Å²) in [6.45, 7) is 2.36. The van der Waals surface area contributed by atoms with Gasteiger partial charge in [0.1, 0.15) is 0 Å². The average molecular weight is 240 g/mol. The summed E-state index contributed by atoms with van der Waals surface area (Å²) in [6.07, 6.45) is 3.80. The fraction of sp³-hybridized carbons (Fsp3) is 0.538. The SMILES string of the molecule is OCC(c1ccc(Cl)cc1)N1CCCCC1. The standard InChI is InChI=1S/C13H18ClNO/c14-12-6-4-11(5-7-12)13(10-16)15-8-2-1-3-9-15/h4-7,13,16H,1-3,8-10H2. The maximum Gasteiger partial charge on any atom is 0.0628 e. The normalized spacial score (nSPS) is 19.6. The van der Waals surface area contributed by atoms with Crippen molar-refractivity contribution in [3.8, 4) is 0 Å². The summed E-state index contributed by atoms with van der Waals surface area (Å²) in [6, 6.07) is 7.94. The molecule has 0 aliphatic carbocycles. The Labute approximate surface area is 102 Å². The molecule has 3 heteroatoms. The molecule has 1 unspecified atom stereocenters. The van der Waals surface area contributed by atoms with E-state index >= 15 is 0 Å².